The molecule has 1 amide bonds. The van der Waals surface area contributed by atoms with Crippen LogP contribution in [0.15, 0.2) is 34.7 Å². The first kappa shape index (κ1) is 15.0. The average molecular weight is 307 g/mol. The molecule has 1 aromatic carbocycles. The fourth-order valence-electron chi connectivity index (χ4n) is 1.72. The van der Waals surface area contributed by atoms with Gasteiger partial charge in [0.15, 0.2) is 5.76 Å². The van der Waals surface area contributed by atoms with Crippen LogP contribution in [0.25, 0.3) is 0 Å². The van der Waals surface area contributed by atoms with Gasteiger partial charge in [-0.05, 0) is 36.6 Å². The number of hydrogen-bond donors (Lipinski definition) is 3. The zero-order valence-corrected chi connectivity index (χ0v) is 11.9. The van der Waals surface area contributed by atoms with E-state index in [2.05, 4.69) is 5.32 Å². The zero-order chi connectivity index (χ0) is 15.4. The summed E-state index contributed by atoms with van der Waals surface area (Å²) in [5.74, 6) is -0.572. The highest BCUT2D eigenvalue weighted by Gasteiger charge is 2.16. The lowest BCUT2D eigenvalue weighted by atomic mass is 10.1. The lowest BCUT2D eigenvalue weighted by Crippen LogP contribution is -2.14. The van der Waals surface area contributed by atoms with Crippen LogP contribution >= 0.6 is 11.8 Å². The Morgan fingerprint density at radius 1 is 1.29 bits per heavy atom. The minimum absolute atomic E-state index is 0.0908. The number of hydrogen-bond acceptors (Lipinski definition) is 5. The van der Waals surface area contributed by atoms with E-state index in [1.54, 1.807) is 17.8 Å². The highest BCUT2D eigenvalue weighted by atomic mass is 32.2. The van der Waals surface area contributed by atoms with Crippen molar-refractivity contribution in [1.29, 1.82) is 0 Å². The average Bonchev–Trinajstić information content (AvgIpc) is 2.89. The molecule has 0 bridgehead atoms. The van der Waals surface area contributed by atoms with Crippen LogP contribution in [0.5, 0.6) is 5.75 Å². The molecule has 0 saturated heterocycles. The molecular weight excluding hydrogens is 294 g/mol. The number of carbonyl (C=O) groups excluding carboxylic acids is 1. The summed E-state index contributed by atoms with van der Waals surface area (Å²) < 4.78 is 5.35. The summed E-state index contributed by atoms with van der Waals surface area (Å²) >= 11 is 1.56. The number of rotatable bonds is 5. The van der Waals surface area contributed by atoms with E-state index in [4.69, 9.17) is 9.52 Å². The smallest absolute Gasteiger partial charge is 0.337 e. The third kappa shape index (κ3) is 3.57. The van der Waals surface area contributed by atoms with Crippen molar-refractivity contribution in [1.82, 2.24) is 0 Å². The highest BCUT2D eigenvalue weighted by molar-refractivity contribution is 7.97. The van der Waals surface area contributed by atoms with Gasteiger partial charge in [0.1, 0.15) is 11.5 Å². The zero-order valence-electron chi connectivity index (χ0n) is 11.1. The maximum atomic E-state index is 12.0. The maximum absolute atomic E-state index is 12.0. The van der Waals surface area contributed by atoms with E-state index in [9.17, 15) is 14.7 Å². The van der Waals surface area contributed by atoms with Gasteiger partial charge in [-0.3, -0.25) is 4.79 Å². The van der Waals surface area contributed by atoms with Crippen molar-refractivity contribution in [2.24, 2.45) is 0 Å². The minimum atomic E-state index is -1.25. The Balaban J connectivity index is 2.20. The highest BCUT2D eigenvalue weighted by Crippen LogP contribution is 2.22. The number of phenols is 1. The second kappa shape index (κ2) is 6.36. The van der Waals surface area contributed by atoms with Gasteiger partial charge in [0.05, 0.1) is 17.0 Å². The van der Waals surface area contributed by atoms with Gasteiger partial charge in [-0.15, -0.1) is 0 Å². The van der Waals surface area contributed by atoms with Gasteiger partial charge >= 0.3 is 5.97 Å². The molecule has 21 heavy (non-hydrogen) atoms. The van der Waals surface area contributed by atoms with Gasteiger partial charge in [0.2, 0.25) is 0 Å². The van der Waals surface area contributed by atoms with Crippen LogP contribution in [0.4, 0.5) is 5.69 Å². The van der Waals surface area contributed by atoms with E-state index in [-0.39, 0.29) is 22.8 Å². The van der Waals surface area contributed by atoms with Gasteiger partial charge in [-0.25, -0.2) is 4.79 Å². The van der Waals surface area contributed by atoms with Crippen molar-refractivity contribution >= 4 is 29.3 Å². The second-order valence-corrected chi connectivity index (χ2v) is 5.05. The second-order valence-electron chi connectivity index (χ2n) is 4.19. The van der Waals surface area contributed by atoms with Gasteiger partial charge in [-0.1, -0.05) is 0 Å². The molecule has 2 rings (SSSR count). The molecule has 0 atom stereocenters. The number of thioether (sulfide) groups is 1. The van der Waals surface area contributed by atoms with E-state index in [1.807, 2.05) is 6.26 Å². The number of benzene rings is 1. The van der Waals surface area contributed by atoms with Gasteiger partial charge < -0.3 is 19.9 Å². The molecule has 3 N–H and O–H groups in total. The minimum Gasteiger partial charge on any atom is -0.508 e. The van der Waals surface area contributed by atoms with Crippen molar-refractivity contribution < 1.29 is 24.2 Å². The molecule has 2 aromatic rings. The molecule has 1 aromatic heterocycles. The Hall–Kier alpha value is -2.41. The van der Waals surface area contributed by atoms with Crippen molar-refractivity contribution in [3.05, 3.63) is 47.4 Å². The maximum Gasteiger partial charge on any atom is 0.337 e. The van der Waals surface area contributed by atoms with E-state index in [0.717, 1.165) is 6.07 Å². The van der Waals surface area contributed by atoms with Gasteiger partial charge in [0, 0.05) is 0 Å². The third-order valence-corrected chi connectivity index (χ3v) is 3.23. The summed E-state index contributed by atoms with van der Waals surface area (Å²) in [7, 11) is 0. The fourth-order valence-corrected chi connectivity index (χ4v) is 2.16. The summed E-state index contributed by atoms with van der Waals surface area (Å²) in [5, 5.41) is 20.8. The van der Waals surface area contributed by atoms with E-state index >= 15 is 0 Å². The molecule has 110 valence electrons. The molecule has 1 heterocycles. The number of amides is 1. The van der Waals surface area contributed by atoms with Crippen LogP contribution in [0.2, 0.25) is 0 Å². The normalized spacial score (nSPS) is 10.3. The molecule has 0 fully saturated rings. The quantitative estimate of drug-likeness (QED) is 0.734. The van der Waals surface area contributed by atoms with Crippen LogP contribution < -0.4 is 5.32 Å². The van der Waals surface area contributed by atoms with Crippen LogP contribution in [0.3, 0.4) is 0 Å². The SMILES string of the molecule is CSCc1ccc(C(=O)Nc2ccc(O)cc2C(=O)O)o1. The topological polar surface area (TPSA) is 99.8 Å². The van der Waals surface area contributed by atoms with Crippen LogP contribution in [-0.2, 0) is 5.75 Å². The standard InChI is InChI=1S/C14H13NO5S/c1-21-7-9-3-5-12(20-9)13(17)15-11-4-2-8(16)6-10(11)14(18)19/h2-6,16H,7H2,1H3,(H,15,17)(H,18,19). The molecule has 6 nitrogen and oxygen atoms in total. The van der Waals surface area contributed by atoms with Crippen molar-refractivity contribution in [3.8, 4) is 5.75 Å². The van der Waals surface area contributed by atoms with Crippen LogP contribution in [-0.4, -0.2) is 28.3 Å². The monoisotopic (exact) mass is 307 g/mol. The predicted molar refractivity (Wildman–Crippen MR) is 78.9 cm³/mol. The number of aromatic hydroxyl groups is 1. The summed E-state index contributed by atoms with van der Waals surface area (Å²) in [6.45, 7) is 0. The molecule has 0 aliphatic carbocycles. The molecular formula is C14H13NO5S. The lowest BCUT2D eigenvalue weighted by molar-refractivity contribution is 0.0697. The molecule has 0 spiro atoms. The van der Waals surface area contributed by atoms with Crippen LogP contribution in [0, 0.1) is 0 Å². The molecule has 0 saturated carbocycles. The lowest BCUT2D eigenvalue weighted by Gasteiger charge is -2.07. The van der Waals surface area contributed by atoms with Crippen molar-refractivity contribution in [3.63, 3.8) is 0 Å². The first-order chi connectivity index (χ1) is 10.0. The number of furan rings is 1. The number of aromatic carboxylic acids is 1. The van der Waals surface area contributed by atoms with Crippen molar-refractivity contribution in [2.45, 2.75) is 5.75 Å². The van der Waals surface area contributed by atoms with E-state index in [0.29, 0.717) is 11.5 Å². The number of phenolic OH excluding ortho intramolecular Hbond substituents is 1. The first-order valence-corrected chi connectivity index (χ1v) is 7.36. The number of carboxylic acids is 1. The Morgan fingerprint density at radius 2 is 2.05 bits per heavy atom. The Bertz CT molecular complexity index is 680. The molecule has 7 heteroatoms. The third-order valence-electron chi connectivity index (χ3n) is 2.65. The molecule has 0 aliphatic rings. The van der Waals surface area contributed by atoms with E-state index < -0.39 is 11.9 Å². The summed E-state index contributed by atoms with van der Waals surface area (Å²) in [4.78, 5) is 23.1. The Labute approximate surface area is 124 Å². The predicted octanol–water partition coefficient (Wildman–Crippen LogP) is 2.80. The first-order valence-electron chi connectivity index (χ1n) is 5.96. The Morgan fingerprint density at radius 3 is 2.71 bits per heavy atom. The number of carbonyl (C=O) groups is 2. The molecule has 0 unspecified atom stereocenters. The number of anilines is 1. The Kier molecular flexibility index (Phi) is 4.54. The van der Waals surface area contributed by atoms with Crippen LogP contribution in [0.1, 0.15) is 26.7 Å². The van der Waals surface area contributed by atoms with Crippen molar-refractivity contribution in [2.75, 3.05) is 11.6 Å². The number of nitrogens with one attached hydrogen (secondary N) is 1. The molecule has 0 aliphatic heterocycles. The van der Waals surface area contributed by atoms with Gasteiger partial charge in [0.25, 0.3) is 5.91 Å². The summed E-state index contributed by atoms with van der Waals surface area (Å²) in [6.07, 6.45) is 1.91. The molecule has 0 radical (unpaired) electrons. The van der Waals surface area contributed by atoms with E-state index in [1.165, 1.54) is 18.2 Å². The number of carboxylic acid groups (broad SMARTS) is 1. The summed E-state index contributed by atoms with van der Waals surface area (Å²) in [5.41, 5.74) is -0.104. The fraction of sp³-hybridized carbons (Fsp3) is 0.143. The largest absolute Gasteiger partial charge is 0.508 e. The van der Waals surface area contributed by atoms with Gasteiger partial charge in [-0.2, -0.15) is 11.8 Å². The summed E-state index contributed by atoms with van der Waals surface area (Å²) in [6, 6.07) is 6.91.